The second-order valence-electron chi connectivity index (χ2n) is 4.13. The molecule has 0 bridgehead atoms. The zero-order valence-corrected chi connectivity index (χ0v) is 11.8. The van der Waals surface area contributed by atoms with Gasteiger partial charge in [-0.3, -0.25) is 0 Å². The van der Waals surface area contributed by atoms with E-state index in [4.69, 9.17) is 4.98 Å². The Morgan fingerprint density at radius 3 is 3.00 bits per heavy atom. The van der Waals surface area contributed by atoms with Crippen LogP contribution in [-0.4, -0.2) is 18.6 Å². The normalized spacial score (nSPS) is 11.2. The van der Waals surface area contributed by atoms with Crippen molar-refractivity contribution >= 4 is 32.8 Å². The third-order valence-electron chi connectivity index (χ3n) is 2.82. The van der Waals surface area contributed by atoms with Crippen LogP contribution in [0, 0.1) is 0 Å². The summed E-state index contributed by atoms with van der Waals surface area (Å²) < 4.78 is 1.33. The smallest absolute Gasteiger partial charge is 0.0945 e. The first kappa shape index (κ1) is 11.8. The van der Waals surface area contributed by atoms with Gasteiger partial charge in [-0.2, -0.15) is 0 Å². The van der Waals surface area contributed by atoms with Gasteiger partial charge in [0.05, 0.1) is 15.6 Å². The molecule has 1 N–H and O–H groups in total. The van der Waals surface area contributed by atoms with Crippen molar-refractivity contribution in [1.29, 1.82) is 0 Å². The first-order chi connectivity index (χ1) is 8.86. The highest BCUT2D eigenvalue weighted by molar-refractivity contribution is 7.22. The van der Waals surface area contributed by atoms with Crippen LogP contribution in [0.2, 0.25) is 0 Å². The summed E-state index contributed by atoms with van der Waals surface area (Å²) in [5.74, 6) is 0. The van der Waals surface area contributed by atoms with E-state index in [1.54, 1.807) is 11.3 Å². The zero-order chi connectivity index (χ0) is 12.4. The number of hydrogen-bond acceptors (Lipinski definition) is 4. The Labute approximate surface area is 114 Å². The van der Waals surface area contributed by atoms with Crippen LogP contribution in [0.1, 0.15) is 5.01 Å². The lowest BCUT2D eigenvalue weighted by Gasteiger charge is -1.93. The molecule has 2 heterocycles. The van der Waals surface area contributed by atoms with E-state index < -0.39 is 0 Å². The molecule has 1 aromatic carbocycles. The van der Waals surface area contributed by atoms with Crippen LogP contribution < -0.4 is 5.32 Å². The number of thiazole rings is 1. The van der Waals surface area contributed by atoms with E-state index in [2.05, 4.69) is 41.0 Å². The second kappa shape index (κ2) is 5.18. The minimum absolute atomic E-state index is 0.985. The number of nitrogens with zero attached hydrogens (tertiary/aromatic N) is 1. The molecule has 3 aromatic rings. The predicted molar refractivity (Wildman–Crippen MR) is 80.6 cm³/mol. The lowest BCUT2D eigenvalue weighted by Crippen LogP contribution is -2.09. The lowest BCUT2D eigenvalue weighted by atomic mass is 10.2. The van der Waals surface area contributed by atoms with Crippen LogP contribution in [0.15, 0.2) is 35.7 Å². The molecule has 2 aromatic heterocycles. The molecule has 4 heteroatoms. The van der Waals surface area contributed by atoms with Gasteiger partial charge in [-0.1, -0.05) is 18.2 Å². The Hall–Kier alpha value is -1.23. The van der Waals surface area contributed by atoms with Gasteiger partial charge in [0.1, 0.15) is 0 Å². The molecule has 0 atom stereocenters. The van der Waals surface area contributed by atoms with Gasteiger partial charge in [-0.15, -0.1) is 22.7 Å². The van der Waals surface area contributed by atoms with Crippen LogP contribution in [-0.2, 0) is 6.42 Å². The maximum atomic E-state index is 4.70. The van der Waals surface area contributed by atoms with E-state index in [1.807, 2.05) is 18.4 Å². The Morgan fingerprint density at radius 2 is 2.17 bits per heavy atom. The molecule has 0 radical (unpaired) electrons. The van der Waals surface area contributed by atoms with Gasteiger partial charge in [0.25, 0.3) is 0 Å². The standard InChI is InChI=1S/C14H14N2S2/c1-15-7-6-14-16-11(9-17-14)13-8-10-4-2-3-5-12(10)18-13/h2-5,8-9,15H,6-7H2,1H3. The highest BCUT2D eigenvalue weighted by atomic mass is 32.1. The molecular formula is C14H14N2S2. The van der Waals surface area contributed by atoms with Gasteiger partial charge in [-0.25, -0.2) is 4.98 Å². The van der Waals surface area contributed by atoms with Gasteiger partial charge >= 0.3 is 0 Å². The highest BCUT2D eigenvalue weighted by Crippen LogP contribution is 2.33. The van der Waals surface area contributed by atoms with Crippen molar-refractivity contribution in [3.05, 3.63) is 40.7 Å². The Morgan fingerprint density at radius 1 is 1.28 bits per heavy atom. The van der Waals surface area contributed by atoms with Crippen molar-refractivity contribution < 1.29 is 0 Å². The number of nitrogens with one attached hydrogen (secondary N) is 1. The Bertz CT molecular complexity index is 621. The number of hydrogen-bond donors (Lipinski definition) is 1. The maximum Gasteiger partial charge on any atom is 0.0945 e. The summed E-state index contributed by atoms with van der Waals surface area (Å²) in [5.41, 5.74) is 1.12. The maximum absolute atomic E-state index is 4.70. The minimum atomic E-state index is 0.985. The highest BCUT2D eigenvalue weighted by Gasteiger charge is 2.07. The zero-order valence-electron chi connectivity index (χ0n) is 10.1. The van der Waals surface area contributed by atoms with E-state index >= 15 is 0 Å². The largest absolute Gasteiger partial charge is 0.319 e. The quantitative estimate of drug-likeness (QED) is 0.783. The van der Waals surface area contributed by atoms with E-state index in [9.17, 15) is 0 Å². The number of benzene rings is 1. The average molecular weight is 274 g/mol. The molecule has 0 fully saturated rings. The summed E-state index contributed by atoms with van der Waals surface area (Å²) in [7, 11) is 1.97. The van der Waals surface area contributed by atoms with Crippen molar-refractivity contribution in [2.24, 2.45) is 0 Å². The topological polar surface area (TPSA) is 24.9 Å². The number of rotatable bonds is 4. The van der Waals surface area contributed by atoms with Gasteiger partial charge in [0, 0.05) is 23.0 Å². The Balaban J connectivity index is 1.91. The number of fused-ring (bicyclic) bond motifs is 1. The third-order valence-corrected chi connectivity index (χ3v) is 4.87. The van der Waals surface area contributed by atoms with Crippen molar-refractivity contribution in [2.75, 3.05) is 13.6 Å². The number of likely N-dealkylation sites (N-methyl/N-ethyl adjacent to an activating group) is 1. The third kappa shape index (κ3) is 2.32. The summed E-state index contributed by atoms with van der Waals surface area (Å²) >= 11 is 3.57. The first-order valence-electron chi connectivity index (χ1n) is 5.95. The van der Waals surface area contributed by atoms with Crippen LogP contribution in [0.4, 0.5) is 0 Å². The molecule has 0 unspecified atom stereocenters. The average Bonchev–Trinajstić information content (AvgIpc) is 3.02. The summed E-state index contributed by atoms with van der Waals surface area (Å²) in [6.45, 7) is 0.985. The molecule has 0 aliphatic heterocycles. The van der Waals surface area contributed by atoms with Crippen LogP contribution in [0.5, 0.6) is 0 Å². The fourth-order valence-electron chi connectivity index (χ4n) is 1.88. The molecule has 0 aliphatic rings. The van der Waals surface area contributed by atoms with E-state index in [1.165, 1.54) is 20.0 Å². The molecule has 2 nitrogen and oxygen atoms in total. The minimum Gasteiger partial charge on any atom is -0.319 e. The summed E-state index contributed by atoms with van der Waals surface area (Å²) in [4.78, 5) is 5.97. The van der Waals surface area contributed by atoms with Gasteiger partial charge in [0.2, 0.25) is 0 Å². The molecule has 0 amide bonds. The van der Waals surface area contributed by atoms with Crippen molar-refractivity contribution in [3.8, 4) is 10.6 Å². The predicted octanol–water partition coefficient (Wildman–Crippen LogP) is 3.79. The monoisotopic (exact) mass is 274 g/mol. The van der Waals surface area contributed by atoms with Crippen molar-refractivity contribution in [3.63, 3.8) is 0 Å². The van der Waals surface area contributed by atoms with E-state index in [0.29, 0.717) is 0 Å². The fourth-order valence-corrected chi connectivity index (χ4v) is 3.78. The van der Waals surface area contributed by atoms with E-state index in [-0.39, 0.29) is 0 Å². The Kier molecular flexibility index (Phi) is 3.41. The SMILES string of the molecule is CNCCc1nc(-c2cc3ccccc3s2)cs1. The fraction of sp³-hybridized carbons (Fsp3) is 0.214. The van der Waals surface area contributed by atoms with Gasteiger partial charge in [-0.05, 0) is 24.6 Å². The molecule has 18 heavy (non-hydrogen) atoms. The van der Waals surface area contributed by atoms with Crippen LogP contribution in [0.3, 0.4) is 0 Å². The molecule has 0 aliphatic carbocycles. The molecule has 0 saturated heterocycles. The summed E-state index contributed by atoms with van der Waals surface area (Å²) in [5, 5.41) is 7.83. The lowest BCUT2D eigenvalue weighted by molar-refractivity contribution is 0.788. The van der Waals surface area contributed by atoms with E-state index in [0.717, 1.165) is 18.7 Å². The first-order valence-corrected chi connectivity index (χ1v) is 7.64. The van der Waals surface area contributed by atoms with Crippen molar-refractivity contribution in [2.45, 2.75) is 6.42 Å². The molecule has 0 spiro atoms. The number of thiophene rings is 1. The van der Waals surface area contributed by atoms with Crippen LogP contribution in [0.25, 0.3) is 20.7 Å². The molecular weight excluding hydrogens is 260 g/mol. The van der Waals surface area contributed by atoms with Crippen molar-refractivity contribution in [1.82, 2.24) is 10.3 Å². The summed E-state index contributed by atoms with van der Waals surface area (Å²) in [6, 6.07) is 10.7. The van der Waals surface area contributed by atoms with Gasteiger partial charge < -0.3 is 5.32 Å². The summed E-state index contributed by atoms with van der Waals surface area (Å²) in [6.07, 6.45) is 1.01. The second-order valence-corrected chi connectivity index (χ2v) is 6.15. The molecule has 0 saturated carbocycles. The van der Waals surface area contributed by atoms with Crippen LogP contribution >= 0.6 is 22.7 Å². The van der Waals surface area contributed by atoms with Gasteiger partial charge in [0.15, 0.2) is 0 Å². The number of aromatic nitrogens is 1. The molecule has 3 rings (SSSR count). The molecule has 92 valence electrons.